The number of nitrogens with one attached hydrogen (secondary N) is 1. The monoisotopic (exact) mass is 467 g/mol. The zero-order valence-electron chi connectivity index (χ0n) is 20.8. The molecule has 0 saturated heterocycles. The van der Waals surface area contributed by atoms with Gasteiger partial charge in [-0.05, 0) is 66.1 Å². The van der Waals surface area contributed by atoms with Gasteiger partial charge in [0.2, 0.25) is 5.97 Å². The molecule has 1 heterocycles. The smallest absolute Gasteiger partial charge is 0.214 e. The summed E-state index contributed by atoms with van der Waals surface area (Å²) in [6.45, 7) is 9.85. The Kier molecular flexibility index (Phi) is 8.91. The number of halogens is 1. The minimum atomic E-state index is -1.04. The summed E-state index contributed by atoms with van der Waals surface area (Å²) in [5, 5.41) is 7.54. The summed E-state index contributed by atoms with van der Waals surface area (Å²) in [5.41, 5.74) is 13.2. The average Bonchev–Trinajstić information content (AvgIpc) is 2.84. The quantitative estimate of drug-likeness (QED) is 0.159. The lowest BCUT2D eigenvalue weighted by molar-refractivity contribution is 0.401. The Bertz CT molecular complexity index is 1230. The van der Waals surface area contributed by atoms with Crippen molar-refractivity contribution in [2.24, 2.45) is 5.92 Å². The zero-order chi connectivity index (χ0) is 25.4. The molecule has 1 saturated carbocycles. The van der Waals surface area contributed by atoms with Crippen LogP contribution in [0.4, 0.5) is 10.1 Å². The van der Waals surface area contributed by atoms with Gasteiger partial charge in [0, 0.05) is 17.5 Å². The summed E-state index contributed by atoms with van der Waals surface area (Å²) in [7, 11) is 0. The maximum Gasteiger partial charge on any atom is 0.214 e. The number of nitrogens with zero attached hydrogens (tertiary/aromatic N) is 1. The van der Waals surface area contributed by atoms with Crippen molar-refractivity contribution < 1.29 is 4.39 Å². The second-order valence-electron chi connectivity index (χ2n) is 8.55. The van der Waals surface area contributed by atoms with Crippen LogP contribution in [0.5, 0.6) is 0 Å². The van der Waals surface area contributed by atoms with Crippen molar-refractivity contribution in [3.05, 3.63) is 113 Å². The van der Waals surface area contributed by atoms with Gasteiger partial charge in [0.05, 0.1) is 11.3 Å². The Balaban J connectivity index is 0.00000167. The van der Waals surface area contributed by atoms with Crippen molar-refractivity contribution in [3.8, 4) is 0 Å². The fourth-order valence-corrected chi connectivity index (χ4v) is 4.13. The van der Waals surface area contributed by atoms with Crippen molar-refractivity contribution in [3.63, 3.8) is 0 Å². The van der Waals surface area contributed by atoms with Crippen LogP contribution < -0.4 is 5.73 Å². The van der Waals surface area contributed by atoms with Crippen LogP contribution in [0.15, 0.2) is 85.1 Å². The molecule has 3 nitrogen and oxygen atoms in total. The third-order valence-electron chi connectivity index (χ3n) is 6.05. The average molecular weight is 468 g/mol. The number of benzene rings is 2. The minimum absolute atomic E-state index is 0.104. The first-order valence-electron chi connectivity index (χ1n) is 12.2. The van der Waals surface area contributed by atoms with E-state index in [1.54, 1.807) is 12.1 Å². The molecule has 3 N–H and O–H groups in total. The number of hydrogen-bond donors (Lipinski definition) is 2. The molecule has 3 aromatic rings. The summed E-state index contributed by atoms with van der Waals surface area (Å²) < 4.78 is 14.0. The number of pyridine rings is 1. The highest BCUT2D eigenvalue weighted by atomic mass is 19.1. The Labute approximate surface area is 208 Å². The van der Waals surface area contributed by atoms with Gasteiger partial charge in [-0.3, -0.25) is 10.4 Å². The maximum atomic E-state index is 14.0. The molecule has 0 amide bonds. The van der Waals surface area contributed by atoms with Gasteiger partial charge in [0.15, 0.2) is 0 Å². The number of nitrogens with two attached hydrogens (primary N) is 1. The third kappa shape index (κ3) is 6.21. The Morgan fingerprint density at radius 3 is 2.31 bits per heavy atom. The Morgan fingerprint density at radius 2 is 1.77 bits per heavy atom. The second-order valence-corrected chi connectivity index (χ2v) is 8.55. The number of hydrogen-bond acceptors (Lipinski definition) is 3. The predicted molar refractivity (Wildman–Crippen MR) is 148 cm³/mol. The van der Waals surface area contributed by atoms with Crippen LogP contribution in [0.25, 0.3) is 17.2 Å². The lowest BCUT2D eigenvalue weighted by Gasteiger charge is -2.31. The first kappa shape index (κ1) is 25.8. The van der Waals surface area contributed by atoms with Crippen molar-refractivity contribution in [2.75, 3.05) is 5.73 Å². The summed E-state index contributed by atoms with van der Waals surface area (Å²) in [5.74, 6) is -0.634. The van der Waals surface area contributed by atoms with Gasteiger partial charge in [-0.15, -0.1) is 0 Å². The molecular formula is C31H34FN3. The van der Waals surface area contributed by atoms with E-state index in [1.807, 2.05) is 75.5 Å². The predicted octanol–water partition coefficient (Wildman–Crippen LogP) is 8.33. The van der Waals surface area contributed by atoms with E-state index in [-0.39, 0.29) is 11.3 Å². The van der Waals surface area contributed by atoms with Crippen molar-refractivity contribution in [2.45, 2.75) is 40.0 Å². The number of aromatic nitrogens is 1. The molecule has 1 aliphatic carbocycles. The molecule has 35 heavy (non-hydrogen) atoms. The van der Waals surface area contributed by atoms with E-state index in [0.29, 0.717) is 5.92 Å². The van der Waals surface area contributed by atoms with Crippen LogP contribution in [-0.2, 0) is 0 Å². The normalized spacial score (nSPS) is 13.9. The Hall–Kier alpha value is -3.79. The van der Waals surface area contributed by atoms with E-state index in [9.17, 15) is 4.39 Å². The van der Waals surface area contributed by atoms with Crippen LogP contribution in [0.2, 0.25) is 0 Å². The number of rotatable bonds is 7. The first-order valence-corrected chi connectivity index (χ1v) is 12.2. The molecule has 0 atom stereocenters. The molecule has 0 bridgehead atoms. The first-order chi connectivity index (χ1) is 16.9. The molecule has 1 fully saturated rings. The van der Waals surface area contributed by atoms with Crippen LogP contribution >= 0.6 is 0 Å². The SMILES string of the molecule is C=C(C)/C=C/c1ccc(/C(=C(\c2ccccc2)C2CCC2)c2ccc(N)c(C(=N)F)c2)nc1.CC. The molecule has 1 aliphatic rings. The number of nitrogen functional groups attached to an aromatic ring is 1. The maximum absolute atomic E-state index is 14.0. The molecule has 1 aromatic heterocycles. The molecule has 180 valence electrons. The second kappa shape index (κ2) is 12.1. The lowest BCUT2D eigenvalue weighted by Crippen LogP contribution is -2.15. The minimum Gasteiger partial charge on any atom is -0.398 e. The van der Waals surface area contributed by atoms with Gasteiger partial charge in [0.25, 0.3) is 0 Å². The van der Waals surface area contributed by atoms with Crippen LogP contribution in [0.1, 0.15) is 68.0 Å². The highest BCUT2D eigenvalue weighted by Gasteiger charge is 2.28. The molecule has 0 unspecified atom stereocenters. The summed E-state index contributed by atoms with van der Waals surface area (Å²) in [4.78, 5) is 4.80. The van der Waals surface area contributed by atoms with E-state index in [4.69, 9.17) is 16.1 Å². The standard InChI is InChI=1S/C29H28FN3.C2H6/c1-19(2)11-12-20-13-16-26(33-18-20)28(23-14-15-25(31)24(17-23)29(30)32)27(22-9-6-10-22)21-7-4-3-5-8-21;1-2/h3-5,7-8,11-18,22,32H,1,6,9-10,31H2,2H3;1-2H3/b12-11+,28-27+,32-29?;. The van der Waals surface area contributed by atoms with Gasteiger partial charge in [0.1, 0.15) is 0 Å². The van der Waals surface area contributed by atoms with Gasteiger partial charge in [-0.2, -0.15) is 4.39 Å². The highest BCUT2D eigenvalue weighted by molar-refractivity contribution is 6.02. The molecule has 2 aromatic carbocycles. The third-order valence-corrected chi connectivity index (χ3v) is 6.05. The van der Waals surface area contributed by atoms with E-state index in [0.717, 1.165) is 46.4 Å². The molecule has 0 radical (unpaired) electrons. The molecule has 0 aliphatic heterocycles. The summed E-state index contributed by atoms with van der Waals surface area (Å²) in [6, 6.07) is 19.6. The molecule has 4 rings (SSSR count). The van der Waals surface area contributed by atoms with Crippen LogP contribution in [0.3, 0.4) is 0 Å². The zero-order valence-corrected chi connectivity index (χ0v) is 20.8. The number of anilines is 1. The van der Waals surface area contributed by atoms with Crippen molar-refractivity contribution in [1.29, 1.82) is 5.41 Å². The van der Waals surface area contributed by atoms with Crippen LogP contribution in [-0.4, -0.2) is 10.9 Å². The van der Waals surface area contributed by atoms with E-state index >= 15 is 0 Å². The molecule has 0 spiro atoms. The highest BCUT2D eigenvalue weighted by Crippen LogP contribution is 2.45. The Morgan fingerprint density at radius 1 is 1.06 bits per heavy atom. The van der Waals surface area contributed by atoms with E-state index in [2.05, 4.69) is 18.7 Å². The lowest BCUT2D eigenvalue weighted by atomic mass is 9.73. The van der Waals surface area contributed by atoms with E-state index < -0.39 is 5.97 Å². The molecule has 4 heteroatoms. The van der Waals surface area contributed by atoms with Gasteiger partial charge < -0.3 is 5.73 Å². The van der Waals surface area contributed by atoms with Gasteiger partial charge in [-0.25, -0.2) is 0 Å². The van der Waals surface area contributed by atoms with Gasteiger partial charge >= 0.3 is 0 Å². The molecular weight excluding hydrogens is 433 g/mol. The number of allylic oxidation sites excluding steroid dienone is 3. The summed E-state index contributed by atoms with van der Waals surface area (Å²) in [6.07, 6.45) is 9.18. The largest absolute Gasteiger partial charge is 0.398 e. The van der Waals surface area contributed by atoms with Crippen molar-refractivity contribution in [1.82, 2.24) is 4.98 Å². The fourth-order valence-electron chi connectivity index (χ4n) is 4.13. The topological polar surface area (TPSA) is 62.8 Å². The van der Waals surface area contributed by atoms with Gasteiger partial charge in [-0.1, -0.05) is 87.0 Å². The van der Waals surface area contributed by atoms with Crippen molar-refractivity contribution >= 4 is 28.9 Å². The summed E-state index contributed by atoms with van der Waals surface area (Å²) >= 11 is 0. The van der Waals surface area contributed by atoms with E-state index in [1.165, 1.54) is 12.0 Å². The van der Waals surface area contributed by atoms with Crippen LogP contribution in [0, 0.1) is 11.3 Å². The fraction of sp³-hybridized carbons (Fsp3) is 0.226.